The third kappa shape index (κ3) is 3.17. The lowest BCUT2D eigenvalue weighted by atomic mass is 9.89. The molecule has 0 aromatic rings. The zero-order valence-electron chi connectivity index (χ0n) is 13.3. The Morgan fingerprint density at radius 3 is 2.70 bits per heavy atom. The fourth-order valence-electron chi connectivity index (χ4n) is 4.15. The van der Waals surface area contributed by atoms with Crippen LogP contribution in [0, 0.1) is 17.8 Å². The van der Waals surface area contributed by atoms with Gasteiger partial charge < -0.3 is 15.5 Å². The number of rotatable bonds is 4. The summed E-state index contributed by atoms with van der Waals surface area (Å²) in [5.74, 6) is 1.51. The highest BCUT2D eigenvalue weighted by Gasteiger charge is 2.37. The summed E-state index contributed by atoms with van der Waals surface area (Å²) < 4.78 is 0. The van der Waals surface area contributed by atoms with Crippen molar-refractivity contribution in [1.82, 2.24) is 9.80 Å². The topological polar surface area (TPSA) is 49.6 Å². The molecule has 116 valence electrons. The van der Waals surface area contributed by atoms with Crippen molar-refractivity contribution in [1.29, 1.82) is 0 Å². The summed E-state index contributed by atoms with van der Waals surface area (Å²) in [4.78, 5) is 17.3. The third-order valence-corrected chi connectivity index (χ3v) is 5.52. The predicted octanol–water partition coefficient (Wildman–Crippen LogP) is 1.55. The summed E-state index contributed by atoms with van der Waals surface area (Å²) in [7, 11) is 2.01. The molecule has 4 heteroatoms. The van der Waals surface area contributed by atoms with Crippen LogP contribution in [0.15, 0.2) is 0 Å². The molecule has 0 spiro atoms. The minimum Gasteiger partial charge on any atom is -0.342 e. The lowest BCUT2D eigenvalue weighted by Gasteiger charge is -2.42. The number of piperidine rings is 1. The highest BCUT2D eigenvalue weighted by Crippen LogP contribution is 2.33. The molecule has 0 aromatic carbocycles. The molecule has 20 heavy (non-hydrogen) atoms. The first kappa shape index (κ1) is 15.8. The van der Waals surface area contributed by atoms with E-state index in [4.69, 9.17) is 5.73 Å². The van der Waals surface area contributed by atoms with Gasteiger partial charge in [-0.1, -0.05) is 20.3 Å². The standard InChI is InChI=1S/C16H31N3O/c1-4-19-9-8-15(12(2)11-19)18(3)16(20)14-7-5-6-13(14)10-17/h12-15H,4-11,17H2,1-3H3/t12?,13-,14-,15?/m1/s1. The largest absolute Gasteiger partial charge is 0.342 e. The van der Waals surface area contributed by atoms with Crippen LogP contribution >= 0.6 is 0 Å². The lowest BCUT2D eigenvalue weighted by Crippen LogP contribution is -2.52. The summed E-state index contributed by atoms with van der Waals surface area (Å²) in [6.45, 7) is 8.51. The maximum atomic E-state index is 12.8. The molecule has 0 bridgehead atoms. The molecule has 2 rings (SSSR count). The van der Waals surface area contributed by atoms with Gasteiger partial charge in [0.2, 0.25) is 5.91 Å². The van der Waals surface area contributed by atoms with Crippen molar-refractivity contribution < 1.29 is 4.79 Å². The van der Waals surface area contributed by atoms with Gasteiger partial charge in [-0.05, 0) is 44.2 Å². The molecule has 2 N–H and O–H groups in total. The Morgan fingerprint density at radius 2 is 2.10 bits per heavy atom. The molecular formula is C16H31N3O. The van der Waals surface area contributed by atoms with Gasteiger partial charge in [0.1, 0.15) is 0 Å². The highest BCUT2D eigenvalue weighted by molar-refractivity contribution is 5.79. The van der Waals surface area contributed by atoms with Crippen LogP contribution in [-0.4, -0.2) is 55.0 Å². The van der Waals surface area contributed by atoms with E-state index in [9.17, 15) is 4.79 Å². The zero-order valence-corrected chi connectivity index (χ0v) is 13.3. The van der Waals surface area contributed by atoms with Crippen LogP contribution in [0.3, 0.4) is 0 Å². The van der Waals surface area contributed by atoms with Crippen molar-refractivity contribution in [2.75, 3.05) is 33.2 Å². The van der Waals surface area contributed by atoms with Crippen LogP contribution in [-0.2, 0) is 4.79 Å². The van der Waals surface area contributed by atoms with Gasteiger partial charge in [-0.25, -0.2) is 0 Å². The minimum absolute atomic E-state index is 0.182. The number of nitrogens with zero attached hydrogens (tertiary/aromatic N) is 2. The van der Waals surface area contributed by atoms with Crippen LogP contribution in [0.5, 0.6) is 0 Å². The van der Waals surface area contributed by atoms with Crippen molar-refractivity contribution in [3.8, 4) is 0 Å². The van der Waals surface area contributed by atoms with E-state index in [2.05, 4.69) is 23.6 Å². The maximum absolute atomic E-state index is 12.8. The average molecular weight is 281 g/mol. The first-order chi connectivity index (χ1) is 9.58. The number of hydrogen-bond acceptors (Lipinski definition) is 3. The molecule has 1 amide bonds. The van der Waals surface area contributed by atoms with Gasteiger partial charge in [0.05, 0.1) is 0 Å². The number of likely N-dealkylation sites (tertiary alicyclic amines) is 1. The maximum Gasteiger partial charge on any atom is 0.226 e. The van der Waals surface area contributed by atoms with E-state index in [-0.39, 0.29) is 5.92 Å². The van der Waals surface area contributed by atoms with Crippen LogP contribution in [0.4, 0.5) is 0 Å². The fraction of sp³-hybridized carbons (Fsp3) is 0.938. The number of hydrogen-bond donors (Lipinski definition) is 1. The zero-order chi connectivity index (χ0) is 14.7. The van der Waals surface area contributed by atoms with Gasteiger partial charge in [-0.3, -0.25) is 4.79 Å². The summed E-state index contributed by atoms with van der Waals surface area (Å²) in [5.41, 5.74) is 5.83. The second kappa shape index (κ2) is 6.90. The molecular weight excluding hydrogens is 250 g/mol. The van der Waals surface area contributed by atoms with Crippen molar-refractivity contribution in [2.45, 2.75) is 45.6 Å². The molecule has 2 unspecified atom stereocenters. The molecule has 0 radical (unpaired) electrons. The van der Waals surface area contributed by atoms with Crippen molar-refractivity contribution in [3.63, 3.8) is 0 Å². The second-order valence-corrected chi connectivity index (χ2v) is 6.71. The summed E-state index contributed by atoms with van der Waals surface area (Å²) >= 11 is 0. The van der Waals surface area contributed by atoms with Gasteiger partial charge >= 0.3 is 0 Å². The average Bonchev–Trinajstić information content (AvgIpc) is 2.94. The van der Waals surface area contributed by atoms with E-state index in [1.165, 1.54) is 0 Å². The minimum atomic E-state index is 0.182. The quantitative estimate of drug-likeness (QED) is 0.850. The normalized spacial score (nSPS) is 35.2. The number of carbonyl (C=O) groups is 1. The van der Waals surface area contributed by atoms with Crippen molar-refractivity contribution in [3.05, 3.63) is 0 Å². The molecule has 1 heterocycles. The van der Waals surface area contributed by atoms with Gasteiger partial charge in [-0.15, -0.1) is 0 Å². The van der Waals surface area contributed by atoms with Crippen molar-refractivity contribution in [2.24, 2.45) is 23.5 Å². The van der Waals surface area contributed by atoms with E-state index >= 15 is 0 Å². The molecule has 1 saturated heterocycles. The van der Waals surface area contributed by atoms with E-state index < -0.39 is 0 Å². The predicted molar refractivity (Wildman–Crippen MR) is 82.3 cm³/mol. The first-order valence-corrected chi connectivity index (χ1v) is 8.27. The first-order valence-electron chi connectivity index (χ1n) is 8.27. The molecule has 1 aliphatic heterocycles. The summed E-state index contributed by atoms with van der Waals surface area (Å²) in [6.07, 6.45) is 4.44. The Labute approximate surface area is 123 Å². The Hall–Kier alpha value is -0.610. The van der Waals surface area contributed by atoms with E-state index in [0.29, 0.717) is 30.3 Å². The molecule has 2 aliphatic rings. The number of amides is 1. The van der Waals surface area contributed by atoms with Crippen LogP contribution < -0.4 is 5.73 Å². The molecule has 0 aromatic heterocycles. The van der Waals surface area contributed by atoms with Crippen LogP contribution in [0.1, 0.15) is 39.5 Å². The summed E-state index contributed by atoms with van der Waals surface area (Å²) in [6, 6.07) is 0.407. The van der Waals surface area contributed by atoms with Crippen LogP contribution in [0.25, 0.3) is 0 Å². The molecule has 1 saturated carbocycles. The molecule has 1 aliphatic carbocycles. The lowest BCUT2D eigenvalue weighted by molar-refractivity contribution is -0.139. The SMILES string of the molecule is CCN1CCC(N(C)C(=O)[C@@H]2CCC[C@@H]2CN)C(C)C1. The Bertz CT molecular complexity index is 334. The summed E-state index contributed by atoms with van der Waals surface area (Å²) in [5, 5.41) is 0. The van der Waals surface area contributed by atoms with E-state index in [1.54, 1.807) is 0 Å². The van der Waals surface area contributed by atoms with Crippen LogP contribution in [0.2, 0.25) is 0 Å². The van der Waals surface area contributed by atoms with E-state index in [1.807, 2.05) is 7.05 Å². The van der Waals surface area contributed by atoms with Gasteiger partial charge in [-0.2, -0.15) is 0 Å². The van der Waals surface area contributed by atoms with Gasteiger partial charge in [0.15, 0.2) is 0 Å². The second-order valence-electron chi connectivity index (χ2n) is 6.71. The molecule has 4 nitrogen and oxygen atoms in total. The van der Waals surface area contributed by atoms with Gasteiger partial charge in [0.25, 0.3) is 0 Å². The Balaban J connectivity index is 1.96. The van der Waals surface area contributed by atoms with Crippen molar-refractivity contribution >= 4 is 5.91 Å². The Kier molecular flexibility index (Phi) is 5.44. The third-order valence-electron chi connectivity index (χ3n) is 5.52. The smallest absolute Gasteiger partial charge is 0.226 e. The number of nitrogens with two attached hydrogens (primary N) is 1. The van der Waals surface area contributed by atoms with Gasteiger partial charge in [0, 0.05) is 32.1 Å². The fourth-order valence-corrected chi connectivity index (χ4v) is 4.15. The Morgan fingerprint density at radius 1 is 1.35 bits per heavy atom. The number of carbonyl (C=O) groups excluding carboxylic acids is 1. The molecule has 2 fully saturated rings. The molecule has 4 atom stereocenters. The highest BCUT2D eigenvalue weighted by atomic mass is 16.2. The van der Waals surface area contributed by atoms with E-state index in [0.717, 1.165) is 45.3 Å². The monoisotopic (exact) mass is 281 g/mol.